The average molecular weight is 401 g/mol. The Labute approximate surface area is 165 Å². The lowest BCUT2D eigenvalue weighted by molar-refractivity contribution is -0.113. The number of hydrogen-bond donors (Lipinski definition) is 0. The molecule has 0 atom stereocenters. The van der Waals surface area contributed by atoms with E-state index in [2.05, 4.69) is 4.99 Å². The summed E-state index contributed by atoms with van der Waals surface area (Å²) in [5, 5.41) is 0.595. The Morgan fingerprint density at radius 1 is 1.26 bits per heavy atom. The molecule has 0 N–H and O–H groups in total. The summed E-state index contributed by atoms with van der Waals surface area (Å²) in [6, 6.07) is 11.3. The molecule has 1 amide bonds. The highest BCUT2D eigenvalue weighted by molar-refractivity contribution is 7.16. The number of carbonyl (C=O) groups is 1. The van der Waals surface area contributed by atoms with Crippen LogP contribution in [0.3, 0.4) is 0 Å². The largest absolute Gasteiger partial charge is 0.486 e. The van der Waals surface area contributed by atoms with Crippen LogP contribution in [0.4, 0.5) is 0 Å². The number of aryl methyl sites for hydroxylation is 1. The van der Waals surface area contributed by atoms with Crippen LogP contribution in [0.5, 0.6) is 11.5 Å². The van der Waals surface area contributed by atoms with E-state index in [1.165, 1.54) is 17.4 Å². The Kier molecular flexibility index (Phi) is 5.01. The Hall–Kier alpha value is -2.57. The first kappa shape index (κ1) is 17.8. The van der Waals surface area contributed by atoms with Gasteiger partial charge in [-0.25, -0.2) is 0 Å². The molecule has 0 radical (unpaired) electrons. The Morgan fingerprint density at radius 3 is 2.74 bits per heavy atom. The van der Waals surface area contributed by atoms with E-state index >= 15 is 0 Å². The summed E-state index contributed by atoms with van der Waals surface area (Å²) in [7, 11) is 0. The molecule has 0 unspecified atom stereocenters. The zero-order chi connectivity index (χ0) is 18.8. The standard InChI is InChI=1S/C20H17ClN2O3S/c1-2-23-15-11-16-17(26-10-9-25-16)12-18(15)27-20(23)22-19(24)8-7-13-5-3-4-6-14(13)21/h3-8,11-12H,2,9-10H2,1H3/b8-7+,22-20?. The molecule has 1 aliphatic rings. The molecule has 4 rings (SSSR count). The minimum Gasteiger partial charge on any atom is -0.486 e. The van der Waals surface area contributed by atoms with E-state index < -0.39 is 0 Å². The minimum absolute atomic E-state index is 0.332. The molecule has 7 heteroatoms. The first-order valence-electron chi connectivity index (χ1n) is 8.60. The smallest absolute Gasteiger partial charge is 0.272 e. The fraction of sp³-hybridized carbons (Fsp3) is 0.200. The number of aromatic nitrogens is 1. The molecule has 1 aliphatic heterocycles. The van der Waals surface area contributed by atoms with Gasteiger partial charge in [-0.3, -0.25) is 4.79 Å². The van der Waals surface area contributed by atoms with Gasteiger partial charge in [0.1, 0.15) is 13.2 Å². The van der Waals surface area contributed by atoms with E-state index in [0.29, 0.717) is 29.6 Å². The zero-order valence-electron chi connectivity index (χ0n) is 14.6. The number of rotatable bonds is 3. The van der Waals surface area contributed by atoms with Gasteiger partial charge in [0.2, 0.25) is 0 Å². The van der Waals surface area contributed by atoms with Crippen LogP contribution < -0.4 is 14.3 Å². The number of fused-ring (bicyclic) bond motifs is 2. The van der Waals surface area contributed by atoms with Crippen molar-refractivity contribution in [2.24, 2.45) is 4.99 Å². The highest BCUT2D eigenvalue weighted by Crippen LogP contribution is 2.35. The van der Waals surface area contributed by atoms with Crippen LogP contribution in [0.25, 0.3) is 16.3 Å². The van der Waals surface area contributed by atoms with Crippen LogP contribution in [0.15, 0.2) is 47.5 Å². The second kappa shape index (κ2) is 7.58. The number of carbonyl (C=O) groups excluding carboxylic acids is 1. The van der Waals surface area contributed by atoms with Crippen molar-refractivity contribution in [1.29, 1.82) is 0 Å². The normalized spacial score (nSPS) is 14.2. The van der Waals surface area contributed by atoms with Gasteiger partial charge in [0.25, 0.3) is 5.91 Å². The lowest BCUT2D eigenvalue weighted by Crippen LogP contribution is -2.16. The summed E-state index contributed by atoms with van der Waals surface area (Å²) in [5.41, 5.74) is 1.76. The fourth-order valence-electron chi connectivity index (χ4n) is 2.90. The van der Waals surface area contributed by atoms with Gasteiger partial charge in [-0.1, -0.05) is 41.1 Å². The molecule has 5 nitrogen and oxygen atoms in total. The van der Waals surface area contributed by atoms with E-state index in [0.717, 1.165) is 27.3 Å². The van der Waals surface area contributed by atoms with Gasteiger partial charge < -0.3 is 14.0 Å². The van der Waals surface area contributed by atoms with Crippen molar-refractivity contribution in [2.45, 2.75) is 13.5 Å². The molecule has 0 spiro atoms. The number of thiazole rings is 1. The molecule has 0 saturated heterocycles. The first-order chi connectivity index (χ1) is 13.2. The number of hydrogen-bond acceptors (Lipinski definition) is 4. The van der Waals surface area contributed by atoms with Gasteiger partial charge >= 0.3 is 0 Å². The summed E-state index contributed by atoms with van der Waals surface area (Å²) >= 11 is 7.57. The monoisotopic (exact) mass is 400 g/mol. The fourth-order valence-corrected chi connectivity index (χ4v) is 4.21. The molecule has 3 aromatic rings. The number of benzene rings is 2. The molecule has 0 aliphatic carbocycles. The lowest BCUT2D eigenvalue weighted by atomic mass is 10.2. The van der Waals surface area contributed by atoms with Crippen molar-refractivity contribution >= 4 is 45.1 Å². The highest BCUT2D eigenvalue weighted by atomic mass is 35.5. The minimum atomic E-state index is -0.332. The predicted molar refractivity (Wildman–Crippen MR) is 108 cm³/mol. The summed E-state index contributed by atoms with van der Waals surface area (Å²) in [6.07, 6.45) is 3.11. The quantitative estimate of drug-likeness (QED) is 0.616. The molecule has 0 saturated carbocycles. The number of halogens is 1. The average Bonchev–Trinajstić information content (AvgIpc) is 3.01. The van der Waals surface area contributed by atoms with Crippen molar-refractivity contribution in [3.8, 4) is 11.5 Å². The second-order valence-corrected chi connectivity index (χ2v) is 7.31. The molecular formula is C20H17ClN2O3S. The SMILES string of the molecule is CCn1c(=NC(=O)/C=C/c2ccccc2Cl)sc2cc3c(cc21)OCCO3. The summed E-state index contributed by atoms with van der Waals surface area (Å²) in [4.78, 5) is 17.3. The molecule has 138 valence electrons. The summed E-state index contributed by atoms with van der Waals surface area (Å²) in [5.74, 6) is 1.13. The van der Waals surface area contributed by atoms with Gasteiger partial charge in [0.05, 0.1) is 10.2 Å². The maximum Gasteiger partial charge on any atom is 0.272 e. The van der Waals surface area contributed by atoms with Crippen molar-refractivity contribution in [1.82, 2.24) is 4.57 Å². The van der Waals surface area contributed by atoms with E-state index in [1.807, 2.05) is 41.8 Å². The van der Waals surface area contributed by atoms with Crippen LogP contribution in [-0.2, 0) is 11.3 Å². The van der Waals surface area contributed by atoms with Crippen molar-refractivity contribution in [2.75, 3.05) is 13.2 Å². The van der Waals surface area contributed by atoms with Gasteiger partial charge in [0, 0.05) is 29.8 Å². The van der Waals surface area contributed by atoms with Crippen LogP contribution >= 0.6 is 22.9 Å². The van der Waals surface area contributed by atoms with Crippen LogP contribution in [0.1, 0.15) is 12.5 Å². The van der Waals surface area contributed by atoms with Gasteiger partial charge in [0.15, 0.2) is 16.3 Å². The maximum absolute atomic E-state index is 12.3. The Balaban J connectivity index is 1.72. The molecule has 27 heavy (non-hydrogen) atoms. The number of nitrogens with zero attached hydrogens (tertiary/aromatic N) is 2. The molecular weight excluding hydrogens is 384 g/mol. The third-order valence-corrected chi connectivity index (χ3v) is 5.56. The second-order valence-electron chi connectivity index (χ2n) is 5.90. The van der Waals surface area contributed by atoms with Crippen molar-refractivity contribution < 1.29 is 14.3 Å². The molecule has 2 aromatic carbocycles. The van der Waals surface area contributed by atoms with Crippen LogP contribution in [-0.4, -0.2) is 23.7 Å². The summed E-state index contributed by atoms with van der Waals surface area (Å²) in [6.45, 7) is 3.80. The van der Waals surface area contributed by atoms with Crippen molar-refractivity contribution in [3.63, 3.8) is 0 Å². The lowest BCUT2D eigenvalue weighted by Gasteiger charge is -2.18. The van der Waals surface area contributed by atoms with Gasteiger partial charge in [-0.05, 0) is 24.6 Å². The predicted octanol–water partition coefficient (Wildman–Crippen LogP) is 4.29. The van der Waals surface area contributed by atoms with Crippen molar-refractivity contribution in [3.05, 3.63) is 57.9 Å². The van der Waals surface area contributed by atoms with Gasteiger partial charge in [-0.15, -0.1) is 0 Å². The maximum atomic E-state index is 12.3. The highest BCUT2D eigenvalue weighted by Gasteiger charge is 2.16. The number of ether oxygens (including phenoxy) is 2. The third-order valence-electron chi connectivity index (χ3n) is 4.18. The first-order valence-corrected chi connectivity index (χ1v) is 9.79. The van der Waals surface area contributed by atoms with E-state index in [-0.39, 0.29) is 5.91 Å². The van der Waals surface area contributed by atoms with E-state index in [9.17, 15) is 4.79 Å². The van der Waals surface area contributed by atoms with Gasteiger partial charge in [-0.2, -0.15) is 4.99 Å². The molecule has 1 aromatic heterocycles. The Bertz CT molecular complexity index is 1110. The topological polar surface area (TPSA) is 52.8 Å². The molecule has 2 heterocycles. The molecule has 0 fully saturated rings. The van der Waals surface area contributed by atoms with E-state index in [1.54, 1.807) is 12.1 Å². The number of amides is 1. The molecule has 0 bridgehead atoms. The van der Waals surface area contributed by atoms with Crippen LogP contribution in [0, 0.1) is 0 Å². The zero-order valence-corrected chi connectivity index (χ0v) is 16.2. The van der Waals surface area contributed by atoms with Crippen LogP contribution in [0.2, 0.25) is 5.02 Å². The Morgan fingerprint density at radius 2 is 2.00 bits per heavy atom. The van der Waals surface area contributed by atoms with E-state index in [4.69, 9.17) is 21.1 Å². The summed E-state index contributed by atoms with van der Waals surface area (Å²) < 4.78 is 14.3. The third kappa shape index (κ3) is 3.63.